The highest BCUT2D eigenvalue weighted by Gasteiger charge is 2.39. The van der Waals surface area contributed by atoms with Crippen molar-refractivity contribution < 1.29 is 0 Å². The van der Waals surface area contributed by atoms with Gasteiger partial charge in [0.15, 0.2) is 0 Å². The highest BCUT2D eigenvalue weighted by Crippen LogP contribution is 2.53. The lowest BCUT2D eigenvalue weighted by atomic mass is 9.72. The minimum absolute atomic E-state index is 0.318. The van der Waals surface area contributed by atoms with Crippen LogP contribution in [0.1, 0.15) is 761 Å². The summed E-state index contributed by atoms with van der Waals surface area (Å²) in [5.74, 6) is 0.739. The van der Waals surface area contributed by atoms with Gasteiger partial charge in [-0.2, -0.15) is 0 Å². The largest absolute Gasteiger partial charge is 0.0745 e. The van der Waals surface area contributed by atoms with E-state index in [1.807, 2.05) is 33.4 Å². The molecule has 0 heterocycles. The van der Waals surface area contributed by atoms with Gasteiger partial charge < -0.3 is 0 Å². The van der Waals surface area contributed by atoms with E-state index in [1.54, 1.807) is 33.4 Å². The van der Waals surface area contributed by atoms with Crippen LogP contribution < -0.4 is 0 Å². The van der Waals surface area contributed by atoms with Crippen LogP contribution in [-0.2, 0) is 0 Å². The summed E-state index contributed by atoms with van der Waals surface area (Å²) < 4.78 is 0. The van der Waals surface area contributed by atoms with E-state index in [1.165, 1.54) is 629 Å². The van der Waals surface area contributed by atoms with Crippen LogP contribution in [0.25, 0.3) is 0 Å². The Balaban J connectivity index is 0.000000929. The van der Waals surface area contributed by atoms with Gasteiger partial charge in [-0.25, -0.2) is 0 Å². The lowest BCUT2D eigenvalue weighted by Crippen LogP contribution is -2.20. The normalized spacial score (nSPS) is 15.5. The van der Waals surface area contributed by atoms with E-state index in [9.17, 15) is 0 Å². The van der Waals surface area contributed by atoms with Crippen LogP contribution in [0.2, 0.25) is 0 Å². The second kappa shape index (κ2) is 96.1. The Morgan fingerprint density at radius 1 is 0.190 bits per heavy atom. The molecule has 0 aromatic rings. The predicted octanol–water partition coefficient (Wildman–Crippen LogP) is 51.1. The summed E-state index contributed by atoms with van der Waals surface area (Å²) in [6, 6.07) is 0. The smallest absolute Gasteiger partial charge is 0.0102 e. The second-order valence-corrected chi connectivity index (χ2v) is 47.1. The molecule has 0 saturated carbocycles. The lowest BCUT2D eigenvalue weighted by molar-refractivity contribution is 0.342. The summed E-state index contributed by atoms with van der Waals surface area (Å²) in [6.45, 7) is 45.0. The zero-order valence-electron chi connectivity index (χ0n) is 98.7. The maximum Gasteiger partial charge on any atom is 0.0102 e. The van der Waals surface area contributed by atoms with Crippen molar-refractivity contribution in [3.8, 4) is 0 Å². The molecule has 1 unspecified atom stereocenters. The third kappa shape index (κ3) is 67.4. The Bertz CT molecular complexity index is 2870. The molecule has 0 amide bonds. The molecule has 4 aliphatic rings. The molecule has 0 aromatic heterocycles. The molecule has 4 aliphatic carbocycles. The summed E-state index contributed by atoms with van der Waals surface area (Å²) in [6.07, 6.45) is 150. The van der Waals surface area contributed by atoms with Crippen molar-refractivity contribution in [1.29, 1.82) is 0 Å². The first-order valence-electron chi connectivity index (χ1n) is 64.7. The summed E-state index contributed by atoms with van der Waals surface area (Å²) in [5.41, 5.74) is 22.4. The molecule has 137 heavy (non-hydrogen) atoms. The van der Waals surface area contributed by atoms with Gasteiger partial charge in [-0.15, -0.1) is 0 Å². The number of rotatable bonds is 98. The molecule has 0 aliphatic heterocycles. The minimum atomic E-state index is 0.318. The van der Waals surface area contributed by atoms with Gasteiger partial charge in [0.05, 0.1) is 0 Å². The van der Waals surface area contributed by atoms with Gasteiger partial charge in [-0.3, -0.25) is 0 Å². The first-order valence-corrected chi connectivity index (χ1v) is 64.7. The van der Waals surface area contributed by atoms with Gasteiger partial charge in [0.2, 0.25) is 0 Å². The van der Waals surface area contributed by atoms with Gasteiger partial charge >= 0.3 is 0 Å². The van der Waals surface area contributed by atoms with E-state index >= 15 is 0 Å². The van der Waals surface area contributed by atoms with Gasteiger partial charge in [0.1, 0.15) is 0 Å². The van der Waals surface area contributed by atoms with E-state index in [4.69, 9.17) is 0 Å². The summed E-state index contributed by atoms with van der Waals surface area (Å²) in [7, 11) is 0. The molecule has 4 rings (SSSR count). The van der Waals surface area contributed by atoms with Gasteiger partial charge in [0, 0.05) is 16.2 Å². The van der Waals surface area contributed by atoms with Crippen molar-refractivity contribution in [3.05, 3.63) is 91.2 Å². The average molecular weight is 1910 g/mol. The van der Waals surface area contributed by atoms with Crippen molar-refractivity contribution in [2.45, 2.75) is 761 Å². The van der Waals surface area contributed by atoms with E-state index in [-0.39, 0.29) is 0 Å². The van der Waals surface area contributed by atoms with Gasteiger partial charge in [-0.1, -0.05) is 668 Å². The van der Waals surface area contributed by atoms with E-state index in [2.05, 4.69) is 156 Å². The van der Waals surface area contributed by atoms with Gasteiger partial charge in [0.25, 0.3) is 0 Å². The molecule has 0 aromatic carbocycles. The molecular weight excluding hydrogens is 1650 g/mol. The van der Waals surface area contributed by atoms with Crippen LogP contribution in [0.3, 0.4) is 0 Å². The van der Waals surface area contributed by atoms with Crippen LogP contribution in [0.4, 0.5) is 0 Å². The van der Waals surface area contributed by atoms with Crippen LogP contribution in [0.15, 0.2) is 91.2 Å². The topological polar surface area (TPSA) is 0 Å². The number of allylic oxidation sites excluding steroid dienone is 16. The number of hydrogen-bond donors (Lipinski definition) is 0. The Hall–Kier alpha value is -2.08. The third-order valence-corrected chi connectivity index (χ3v) is 34.0. The first-order chi connectivity index (χ1) is 67.0. The highest BCUT2D eigenvalue weighted by molar-refractivity contribution is 5.50. The Kier molecular flexibility index (Phi) is 93.2. The fourth-order valence-electron chi connectivity index (χ4n) is 24.6. The van der Waals surface area contributed by atoms with E-state index in [0.717, 1.165) is 5.92 Å². The maximum atomic E-state index is 2.75. The zero-order valence-corrected chi connectivity index (χ0v) is 98.7. The zero-order chi connectivity index (χ0) is 100. The third-order valence-electron chi connectivity index (χ3n) is 34.0. The molecule has 0 bridgehead atoms. The van der Waals surface area contributed by atoms with Crippen LogP contribution in [0.5, 0.6) is 0 Å². The van der Waals surface area contributed by atoms with E-state index in [0.29, 0.717) is 16.2 Å². The van der Waals surface area contributed by atoms with Crippen LogP contribution in [-0.4, -0.2) is 0 Å². The molecule has 0 heteroatoms. The molecule has 0 N–H and O–H groups in total. The van der Waals surface area contributed by atoms with Crippen LogP contribution >= 0.6 is 0 Å². The molecule has 806 valence electrons. The lowest BCUT2D eigenvalue weighted by Gasteiger charge is -2.33. The fourth-order valence-corrected chi connectivity index (χ4v) is 24.6. The monoisotopic (exact) mass is 1900 g/mol. The average Bonchev–Trinajstić information content (AvgIpc) is 1.74. The summed E-state index contributed by atoms with van der Waals surface area (Å²) >= 11 is 0. The Labute approximate surface area is 868 Å². The predicted molar refractivity (Wildman–Crippen MR) is 631 cm³/mol. The molecule has 0 fully saturated rings. The quantitative estimate of drug-likeness (QED) is 0.0533. The maximum absolute atomic E-state index is 2.75. The Morgan fingerprint density at radius 3 is 0.569 bits per heavy atom. The molecular formula is C137H258. The minimum Gasteiger partial charge on any atom is -0.0745 e. The van der Waals surface area contributed by atoms with Crippen molar-refractivity contribution in [2.75, 3.05) is 0 Å². The molecule has 1 atom stereocenters. The molecule has 0 radical (unpaired) electrons. The van der Waals surface area contributed by atoms with Crippen molar-refractivity contribution in [1.82, 2.24) is 0 Å². The SMILES string of the molecule is CCCCCCCCCCC1(CCCCCCCCCC)C=C(C)C(C)=C1CCCCCCCC.CCCCCCCCCCC1=C(C)C(C)=CC1(CCCCCCCC)CCCCCCCC.CCCCCCCCCCC1=C(CCCCCCCC)C(C)C(CCCCCCCCCC)=C1CCCCCCCCCC.CCCCCCCCCCC1=C(CCCCCCCC)C=CC1(C)C. The summed E-state index contributed by atoms with van der Waals surface area (Å²) in [5, 5.41) is 0. The molecule has 0 saturated heterocycles. The fraction of sp³-hybridized carbons (Fsp3) is 0.883. The van der Waals surface area contributed by atoms with E-state index < -0.39 is 0 Å². The summed E-state index contributed by atoms with van der Waals surface area (Å²) in [4.78, 5) is 0. The Morgan fingerprint density at radius 2 is 0.358 bits per heavy atom. The van der Waals surface area contributed by atoms with Gasteiger partial charge in [-0.05, 0) is 190 Å². The second-order valence-electron chi connectivity index (χ2n) is 47.1. The highest BCUT2D eigenvalue weighted by atomic mass is 14.4. The van der Waals surface area contributed by atoms with Crippen molar-refractivity contribution in [3.63, 3.8) is 0 Å². The first kappa shape index (κ1) is 133. The number of hydrogen-bond acceptors (Lipinski definition) is 0. The van der Waals surface area contributed by atoms with Crippen molar-refractivity contribution >= 4 is 0 Å². The molecule has 0 nitrogen and oxygen atoms in total. The standard InChI is InChI=1S/C44H84.C35H66.C33H62.C25H46/c1-6-10-14-18-22-25-29-33-37-42-40(5)41(36-32-28-21-17-13-9-4)43(38-34-30-26-23-19-15-11-7-2)44(42)39-35-31-27-24-20-16-12-8-3;1-6-9-12-15-18-20-23-26-29-35(30-27-24-21-19-16-13-10-7-2)31-32(4)33(5)34(35)28-25-22-17-14-11-8-3;1-6-9-12-15-18-19-20-23-26-32-31(5)30(4)29-33(32,27-24-21-16-13-10-7-2)28-25-22-17-14-11-8-3;1-5-7-9-11-13-14-16-18-20-24-23(21-22-25(24,3)4)19-17-15-12-10-8-6-2/h40H,6-39H2,1-5H3;31H,6-30H2,1-5H3;29H,6-28H2,1-5H3;21-22H,5-20H2,1-4H3. The van der Waals surface area contributed by atoms with Crippen molar-refractivity contribution in [2.24, 2.45) is 22.2 Å². The number of unbranched alkanes of at least 4 members (excludes halogenated alkanes) is 74. The molecule has 0 spiro atoms. The van der Waals surface area contributed by atoms with Crippen LogP contribution in [0, 0.1) is 22.2 Å².